The monoisotopic (exact) mass is 570 g/mol. The fourth-order valence-electron chi connectivity index (χ4n) is 5.23. The molecule has 2 atom stereocenters. The molecule has 0 spiro atoms. The number of ether oxygens (including phenoxy) is 2. The van der Waals surface area contributed by atoms with Crippen molar-refractivity contribution in [2.45, 2.75) is 12.0 Å². The van der Waals surface area contributed by atoms with Gasteiger partial charge in [0.25, 0.3) is 0 Å². The lowest BCUT2D eigenvalue weighted by atomic mass is 9.79. The van der Waals surface area contributed by atoms with Crippen molar-refractivity contribution in [3.63, 3.8) is 0 Å². The molecule has 1 aromatic heterocycles. The molecule has 4 aromatic carbocycles. The standard InChI is InChI=1S/C31H22O11/c1-40-23-8-14(4-7-17(23)34)22-12-21(38)25-19(36)11-20(37)27(31(25)41-22)28-29(39)26-18(35)9-16(33)10-24(26)42-30(28)13-2-5-15(32)6-3-13/h2-12,28,30,32-37H,1H3/t28-,30-/m0/s1. The summed E-state index contributed by atoms with van der Waals surface area (Å²) in [6.45, 7) is 0. The van der Waals surface area contributed by atoms with Gasteiger partial charge in [-0.05, 0) is 35.9 Å². The lowest BCUT2D eigenvalue weighted by Crippen LogP contribution is -2.30. The molecule has 0 radical (unpaired) electrons. The fraction of sp³-hybridized carbons (Fsp3) is 0.0968. The molecule has 0 saturated heterocycles. The summed E-state index contributed by atoms with van der Waals surface area (Å²) in [4.78, 5) is 27.5. The maximum atomic E-state index is 14.1. The van der Waals surface area contributed by atoms with Crippen LogP contribution in [0.5, 0.6) is 46.0 Å². The number of hydrogen-bond acceptors (Lipinski definition) is 11. The Bertz CT molecular complexity index is 1960. The smallest absolute Gasteiger partial charge is 0.197 e. The van der Waals surface area contributed by atoms with Crippen LogP contribution in [0.3, 0.4) is 0 Å². The molecule has 0 aliphatic carbocycles. The second kappa shape index (κ2) is 9.66. The SMILES string of the molecule is COc1cc(-c2cc(=O)c3c(O)cc(O)c([C@H]4C(=O)c5c(O)cc(O)cc5O[C@H]4c4ccc(O)cc4)c3o2)ccc1O. The van der Waals surface area contributed by atoms with E-state index in [2.05, 4.69) is 0 Å². The van der Waals surface area contributed by atoms with Crippen LogP contribution in [0.2, 0.25) is 0 Å². The van der Waals surface area contributed by atoms with Gasteiger partial charge in [-0.15, -0.1) is 0 Å². The van der Waals surface area contributed by atoms with Crippen molar-refractivity contribution in [3.8, 4) is 57.3 Å². The van der Waals surface area contributed by atoms with Crippen molar-refractivity contribution in [1.29, 1.82) is 0 Å². The predicted octanol–water partition coefficient (Wildman–Crippen LogP) is 4.80. The van der Waals surface area contributed by atoms with E-state index in [-0.39, 0.29) is 56.6 Å². The van der Waals surface area contributed by atoms with Gasteiger partial charge in [0.1, 0.15) is 62.9 Å². The summed E-state index contributed by atoms with van der Waals surface area (Å²) in [7, 11) is 1.34. The first-order valence-corrected chi connectivity index (χ1v) is 12.5. The van der Waals surface area contributed by atoms with E-state index < -0.39 is 40.5 Å². The number of aromatic hydroxyl groups is 6. The van der Waals surface area contributed by atoms with Crippen molar-refractivity contribution in [3.05, 3.63) is 93.6 Å². The zero-order valence-electron chi connectivity index (χ0n) is 21.7. The number of benzene rings is 4. The number of carbonyl (C=O) groups excluding carboxylic acids is 1. The average molecular weight is 571 g/mol. The minimum atomic E-state index is -1.45. The van der Waals surface area contributed by atoms with Crippen LogP contribution in [-0.4, -0.2) is 43.5 Å². The van der Waals surface area contributed by atoms with Gasteiger partial charge in [-0.25, -0.2) is 0 Å². The molecule has 5 aromatic rings. The molecule has 11 heteroatoms. The molecular weight excluding hydrogens is 548 g/mol. The highest BCUT2D eigenvalue weighted by molar-refractivity contribution is 6.09. The molecule has 6 N–H and O–H groups in total. The van der Waals surface area contributed by atoms with Crippen molar-refractivity contribution in [2.75, 3.05) is 7.11 Å². The first-order valence-electron chi connectivity index (χ1n) is 12.5. The predicted molar refractivity (Wildman–Crippen MR) is 148 cm³/mol. The van der Waals surface area contributed by atoms with E-state index >= 15 is 0 Å². The van der Waals surface area contributed by atoms with E-state index in [9.17, 15) is 40.2 Å². The maximum absolute atomic E-state index is 14.1. The van der Waals surface area contributed by atoms with Gasteiger partial charge in [-0.2, -0.15) is 0 Å². The zero-order chi connectivity index (χ0) is 29.9. The van der Waals surface area contributed by atoms with Crippen LogP contribution >= 0.6 is 0 Å². The summed E-state index contributed by atoms with van der Waals surface area (Å²) in [5.41, 5.74) is -0.854. The number of phenolic OH excluding ortho intramolecular Hbond substituents is 6. The Morgan fingerprint density at radius 2 is 1.48 bits per heavy atom. The Labute approximate surface area is 236 Å². The topological polar surface area (TPSA) is 187 Å². The number of hydrogen-bond donors (Lipinski definition) is 6. The second-order valence-corrected chi connectivity index (χ2v) is 9.70. The van der Waals surface area contributed by atoms with Gasteiger partial charge < -0.3 is 44.5 Å². The third-order valence-electron chi connectivity index (χ3n) is 7.15. The summed E-state index contributed by atoms with van der Waals surface area (Å²) >= 11 is 0. The Kier molecular flexibility index (Phi) is 6.07. The van der Waals surface area contributed by atoms with Gasteiger partial charge in [0.2, 0.25) is 0 Å². The van der Waals surface area contributed by atoms with Crippen LogP contribution in [0.25, 0.3) is 22.3 Å². The van der Waals surface area contributed by atoms with E-state index in [1.165, 1.54) is 49.6 Å². The van der Waals surface area contributed by atoms with Crippen molar-refractivity contribution in [1.82, 2.24) is 0 Å². The largest absolute Gasteiger partial charge is 0.508 e. The van der Waals surface area contributed by atoms with Crippen molar-refractivity contribution >= 4 is 16.8 Å². The van der Waals surface area contributed by atoms with Gasteiger partial charge >= 0.3 is 0 Å². The number of ketones is 1. The van der Waals surface area contributed by atoms with Crippen LogP contribution in [0, 0.1) is 0 Å². The molecule has 0 bridgehead atoms. The van der Waals surface area contributed by atoms with E-state index in [1.54, 1.807) is 0 Å². The lowest BCUT2D eigenvalue weighted by Gasteiger charge is -2.34. The Hall–Kier alpha value is -5.84. The van der Waals surface area contributed by atoms with E-state index in [4.69, 9.17) is 13.9 Å². The van der Waals surface area contributed by atoms with Crippen molar-refractivity contribution < 1.29 is 49.3 Å². The maximum Gasteiger partial charge on any atom is 0.197 e. The van der Waals surface area contributed by atoms with Gasteiger partial charge in [-0.1, -0.05) is 12.1 Å². The highest BCUT2D eigenvalue weighted by Gasteiger charge is 2.44. The fourth-order valence-corrected chi connectivity index (χ4v) is 5.23. The molecule has 0 amide bonds. The molecule has 42 heavy (non-hydrogen) atoms. The van der Waals surface area contributed by atoms with Gasteiger partial charge in [0.05, 0.1) is 18.6 Å². The lowest BCUT2D eigenvalue weighted by molar-refractivity contribution is 0.0772. The minimum Gasteiger partial charge on any atom is -0.508 e. The Morgan fingerprint density at radius 3 is 2.19 bits per heavy atom. The highest BCUT2D eigenvalue weighted by atomic mass is 16.5. The van der Waals surface area contributed by atoms with Gasteiger partial charge in [-0.3, -0.25) is 9.59 Å². The first kappa shape index (κ1) is 26.4. The summed E-state index contributed by atoms with van der Waals surface area (Å²) in [5.74, 6) is -4.63. The number of phenols is 6. The molecule has 1 aliphatic heterocycles. The molecule has 6 rings (SSSR count). The second-order valence-electron chi connectivity index (χ2n) is 9.70. The highest BCUT2D eigenvalue weighted by Crippen LogP contribution is 2.52. The van der Waals surface area contributed by atoms with Crippen molar-refractivity contribution in [2.24, 2.45) is 0 Å². The molecule has 11 nitrogen and oxygen atoms in total. The number of Topliss-reactive ketones (excluding diaryl/α,β-unsaturated/α-hetero) is 1. The number of fused-ring (bicyclic) bond motifs is 2. The number of methoxy groups -OCH3 is 1. The van der Waals surface area contributed by atoms with Crippen LogP contribution < -0.4 is 14.9 Å². The van der Waals surface area contributed by atoms with Crippen LogP contribution in [0.15, 0.2) is 75.9 Å². The normalized spacial score (nSPS) is 16.2. The van der Waals surface area contributed by atoms with E-state index in [0.717, 1.165) is 24.3 Å². The third kappa shape index (κ3) is 4.15. The zero-order valence-corrected chi connectivity index (χ0v) is 21.7. The first-order chi connectivity index (χ1) is 20.1. The average Bonchev–Trinajstić information content (AvgIpc) is 2.93. The number of carbonyl (C=O) groups is 1. The molecule has 212 valence electrons. The minimum absolute atomic E-state index is 0.0319. The van der Waals surface area contributed by atoms with Crippen LogP contribution in [-0.2, 0) is 0 Å². The van der Waals surface area contributed by atoms with E-state index in [0.29, 0.717) is 11.1 Å². The summed E-state index contributed by atoms with van der Waals surface area (Å²) in [6, 6.07) is 14.0. The molecule has 0 fully saturated rings. The van der Waals surface area contributed by atoms with Crippen LogP contribution in [0.4, 0.5) is 0 Å². The molecule has 0 saturated carbocycles. The summed E-state index contributed by atoms with van der Waals surface area (Å²) in [5, 5.41) is 62.0. The summed E-state index contributed by atoms with van der Waals surface area (Å²) in [6.07, 6.45) is -1.21. The Balaban J connectivity index is 1.66. The molecular formula is C31H22O11. The van der Waals surface area contributed by atoms with Crippen LogP contribution in [0.1, 0.15) is 33.5 Å². The Morgan fingerprint density at radius 1 is 0.738 bits per heavy atom. The van der Waals surface area contributed by atoms with E-state index in [1.807, 2.05) is 0 Å². The van der Waals surface area contributed by atoms with Gasteiger partial charge in [0, 0.05) is 29.8 Å². The summed E-state index contributed by atoms with van der Waals surface area (Å²) < 4.78 is 17.4. The van der Waals surface area contributed by atoms with Gasteiger partial charge in [0.15, 0.2) is 22.7 Å². The number of rotatable bonds is 4. The quantitative estimate of drug-likeness (QED) is 0.174. The molecule has 2 heterocycles. The third-order valence-corrected chi connectivity index (χ3v) is 7.15. The molecule has 0 unspecified atom stereocenters. The molecule has 1 aliphatic rings.